The number of hydrogen-bond acceptors (Lipinski definition) is 0. The fourth-order valence-corrected chi connectivity index (χ4v) is 2.82. The number of rotatable bonds is 2. The molecule has 0 N–H and O–H groups in total. The van der Waals surface area contributed by atoms with Gasteiger partial charge < -0.3 is 0 Å². The fraction of sp³-hybridized carbons (Fsp3) is 1.00. The topological polar surface area (TPSA) is 0 Å². The summed E-state index contributed by atoms with van der Waals surface area (Å²) in [5.74, 6) is 1.94. The van der Waals surface area contributed by atoms with Crippen molar-refractivity contribution in [1.82, 2.24) is 0 Å². The van der Waals surface area contributed by atoms with Crippen molar-refractivity contribution in [2.75, 3.05) is 0 Å². The first-order valence-corrected chi connectivity index (χ1v) is 5.79. The molecule has 0 spiro atoms. The molecule has 0 aromatic rings. The van der Waals surface area contributed by atoms with Crippen molar-refractivity contribution in [3.63, 3.8) is 0 Å². The van der Waals surface area contributed by atoms with Crippen LogP contribution in [0.5, 0.6) is 0 Å². The Kier molecular flexibility index (Phi) is 3.91. The van der Waals surface area contributed by atoms with E-state index in [2.05, 4.69) is 29.8 Å². The van der Waals surface area contributed by atoms with Crippen molar-refractivity contribution in [3.8, 4) is 0 Å². The molecule has 0 bridgehead atoms. The molecule has 0 aromatic heterocycles. The maximum Gasteiger partial charge on any atom is 0.0148 e. The van der Waals surface area contributed by atoms with Crippen LogP contribution >= 0.6 is 15.9 Å². The smallest absolute Gasteiger partial charge is 0.0148 e. The Morgan fingerprint density at radius 3 is 2.73 bits per heavy atom. The van der Waals surface area contributed by atoms with Crippen LogP contribution in [-0.2, 0) is 0 Å². The van der Waals surface area contributed by atoms with E-state index in [1.807, 2.05) is 0 Å². The Balaban J connectivity index is 2.33. The first kappa shape index (κ1) is 9.57. The molecule has 3 unspecified atom stereocenters. The standard InChI is InChI=1S/C10H19Br/c1-3-8(2)9-5-4-6-10(11)7-9/h8-10H,3-7H2,1-2H3. The second kappa shape index (κ2) is 4.49. The summed E-state index contributed by atoms with van der Waals surface area (Å²) in [5.41, 5.74) is 0. The third-order valence-electron chi connectivity index (χ3n) is 3.10. The van der Waals surface area contributed by atoms with Gasteiger partial charge in [-0.05, 0) is 24.7 Å². The summed E-state index contributed by atoms with van der Waals surface area (Å²) in [7, 11) is 0. The molecule has 1 fully saturated rings. The van der Waals surface area contributed by atoms with Gasteiger partial charge in [0.15, 0.2) is 0 Å². The first-order valence-electron chi connectivity index (χ1n) is 4.88. The molecule has 0 heterocycles. The van der Waals surface area contributed by atoms with Crippen LogP contribution in [0, 0.1) is 11.8 Å². The van der Waals surface area contributed by atoms with E-state index in [-0.39, 0.29) is 0 Å². The minimum atomic E-state index is 0.815. The van der Waals surface area contributed by atoms with Crippen molar-refractivity contribution in [3.05, 3.63) is 0 Å². The average Bonchev–Trinajstić information content (AvgIpc) is 2.03. The van der Waals surface area contributed by atoms with E-state index in [4.69, 9.17) is 0 Å². The van der Waals surface area contributed by atoms with Gasteiger partial charge in [0, 0.05) is 4.83 Å². The van der Waals surface area contributed by atoms with Crippen LogP contribution in [0.25, 0.3) is 0 Å². The minimum absolute atomic E-state index is 0.815. The minimum Gasteiger partial charge on any atom is -0.0891 e. The average molecular weight is 219 g/mol. The molecule has 1 heteroatoms. The summed E-state index contributed by atoms with van der Waals surface area (Å²) in [5, 5.41) is 0. The third-order valence-corrected chi connectivity index (χ3v) is 3.93. The molecule has 0 saturated heterocycles. The van der Waals surface area contributed by atoms with Gasteiger partial charge in [-0.2, -0.15) is 0 Å². The molecule has 1 rings (SSSR count). The molecule has 1 saturated carbocycles. The van der Waals surface area contributed by atoms with Gasteiger partial charge in [-0.25, -0.2) is 0 Å². The van der Waals surface area contributed by atoms with Crippen LogP contribution in [0.2, 0.25) is 0 Å². The SMILES string of the molecule is CCC(C)C1CCCC(Br)C1. The quantitative estimate of drug-likeness (QED) is 0.616. The van der Waals surface area contributed by atoms with Crippen molar-refractivity contribution in [2.45, 2.75) is 50.8 Å². The first-order chi connectivity index (χ1) is 5.24. The lowest BCUT2D eigenvalue weighted by Crippen LogP contribution is -2.20. The van der Waals surface area contributed by atoms with E-state index < -0.39 is 0 Å². The van der Waals surface area contributed by atoms with Gasteiger partial charge in [-0.1, -0.05) is 49.0 Å². The van der Waals surface area contributed by atoms with Crippen LogP contribution in [-0.4, -0.2) is 4.83 Å². The maximum absolute atomic E-state index is 3.73. The molecule has 0 nitrogen and oxygen atoms in total. The molecule has 1 aliphatic rings. The van der Waals surface area contributed by atoms with Gasteiger partial charge >= 0.3 is 0 Å². The van der Waals surface area contributed by atoms with Crippen molar-refractivity contribution < 1.29 is 0 Å². The summed E-state index contributed by atoms with van der Waals surface area (Å²) in [6.07, 6.45) is 7.06. The highest BCUT2D eigenvalue weighted by molar-refractivity contribution is 9.09. The van der Waals surface area contributed by atoms with Crippen LogP contribution in [0.15, 0.2) is 0 Å². The Morgan fingerprint density at radius 1 is 1.45 bits per heavy atom. The van der Waals surface area contributed by atoms with Crippen LogP contribution in [0.1, 0.15) is 46.0 Å². The van der Waals surface area contributed by atoms with Gasteiger partial charge in [-0.3, -0.25) is 0 Å². The molecule has 66 valence electrons. The van der Waals surface area contributed by atoms with Gasteiger partial charge in [0.2, 0.25) is 0 Å². The highest BCUT2D eigenvalue weighted by atomic mass is 79.9. The van der Waals surface area contributed by atoms with Gasteiger partial charge in [0.05, 0.1) is 0 Å². The van der Waals surface area contributed by atoms with E-state index in [0.717, 1.165) is 16.7 Å². The van der Waals surface area contributed by atoms with Gasteiger partial charge in [0.1, 0.15) is 0 Å². The lowest BCUT2D eigenvalue weighted by Gasteiger charge is -2.29. The molecule has 0 aliphatic heterocycles. The molecule has 1 aliphatic carbocycles. The zero-order valence-electron chi connectivity index (χ0n) is 7.65. The monoisotopic (exact) mass is 218 g/mol. The highest BCUT2D eigenvalue weighted by Gasteiger charge is 2.23. The lowest BCUT2D eigenvalue weighted by atomic mass is 9.80. The molecule has 0 aromatic carbocycles. The van der Waals surface area contributed by atoms with E-state index in [0.29, 0.717) is 0 Å². The maximum atomic E-state index is 3.73. The Labute approximate surface area is 78.9 Å². The Morgan fingerprint density at radius 2 is 2.18 bits per heavy atom. The van der Waals surface area contributed by atoms with Crippen molar-refractivity contribution in [1.29, 1.82) is 0 Å². The summed E-state index contributed by atoms with van der Waals surface area (Å²) < 4.78 is 0. The largest absolute Gasteiger partial charge is 0.0891 e. The zero-order valence-corrected chi connectivity index (χ0v) is 9.23. The number of halogens is 1. The van der Waals surface area contributed by atoms with Crippen LogP contribution in [0.4, 0.5) is 0 Å². The Hall–Kier alpha value is 0.480. The summed E-state index contributed by atoms with van der Waals surface area (Å²) >= 11 is 3.73. The third kappa shape index (κ3) is 2.77. The van der Waals surface area contributed by atoms with Crippen molar-refractivity contribution >= 4 is 15.9 Å². The summed E-state index contributed by atoms with van der Waals surface area (Å²) in [6, 6.07) is 0. The summed E-state index contributed by atoms with van der Waals surface area (Å²) in [4.78, 5) is 0.815. The molecule has 3 atom stereocenters. The predicted octanol–water partition coefficient (Wildman–Crippen LogP) is 3.99. The molecular weight excluding hydrogens is 200 g/mol. The van der Waals surface area contributed by atoms with E-state index >= 15 is 0 Å². The van der Waals surface area contributed by atoms with Gasteiger partial charge in [-0.15, -0.1) is 0 Å². The highest BCUT2D eigenvalue weighted by Crippen LogP contribution is 2.34. The van der Waals surface area contributed by atoms with E-state index in [9.17, 15) is 0 Å². The van der Waals surface area contributed by atoms with Crippen LogP contribution < -0.4 is 0 Å². The zero-order chi connectivity index (χ0) is 8.27. The van der Waals surface area contributed by atoms with Crippen molar-refractivity contribution in [2.24, 2.45) is 11.8 Å². The van der Waals surface area contributed by atoms with E-state index in [1.165, 1.54) is 32.1 Å². The Bertz CT molecular complexity index is 111. The summed E-state index contributed by atoms with van der Waals surface area (Å²) in [6.45, 7) is 4.71. The van der Waals surface area contributed by atoms with Gasteiger partial charge in [0.25, 0.3) is 0 Å². The number of hydrogen-bond donors (Lipinski definition) is 0. The number of alkyl halides is 1. The normalized spacial score (nSPS) is 35.2. The molecule has 11 heavy (non-hydrogen) atoms. The predicted molar refractivity (Wildman–Crippen MR) is 54.1 cm³/mol. The van der Waals surface area contributed by atoms with E-state index in [1.54, 1.807) is 0 Å². The molecule has 0 radical (unpaired) electrons. The lowest BCUT2D eigenvalue weighted by molar-refractivity contribution is 0.265. The van der Waals surface area contributed by atoms with Crippen LogP contribution in [0.3, 0.4) is 0 Å². The molecule has 0 amide bonds. The fourth-order valence-electron chi connectivity index (χ4n) is 2.02. The second-order valence-electron chi connectivity index (χ2n) is 3.91. The second-order valence-corrected chi connectivity index (χ2v) is 5.20. The molecular formula is C10H19Br.